The van der Waals surface area contributed by atoms with Crippen molar-refractivity contribution in [2.45, 2.75) is 33.2 Å². The van der Waals surface area contributed by atoms with E-state index in [1.54, 1.807) is 0 Å². The molecule has 0 bridgehead atoms. The molecule has 0 saturated heterocycles. The molecule has 1 aromatic carbocycles. The summed E-state index contributed by atoms with van der Waals surface area (Å²) in [6.07, 6.45) is -0.104. The van der Waals surface area contributed by atoms with Gasteiger partial charge in [0, 0.05) is 17.7 Å². The Hall–Kier alpha value is -2.22. The van der Waals surface area contributed by atoms with Crippen molar-refractivity contribution in [3.63, 3.8) is 0 Å². The lowest BCUT2D eigenvalue weighted by molar-refractivity contribution is -0.138. The molecule has 6 nitrogen and oxygen atoms in total. The van der Waals surface area contributed by atoms with E-state index in [1.165, 1.54) is 14.0 Å². The highest BCUT2D eigenvalue weighted by molar-refractivity contribution is 5.91. The number of nitrogens with one attached hydrogen (secondary N) is 1. The molecule has 122 valence electrons. The van der Waals surface area contributed by atoms with Gasteiger partial charge in [-0.1, -0.05) is 13.8 Å². The number of hydrogen-bond donors (Lipinski definition) is 3. The largest absolute Gasteiger partial charge is 0.493 e. The number of benzene rings is 1. The quantitative estimate of drug-likeness (QED) is 0.802. The summed E-state index contributed by atoms with van der Waals surface area (Å²) < 4.78 is 32.4. The first-order valence-electron chi connectivity index (χ1n) is 6.75. The molecule has 0 fully saturated rings. The van der Waals surface area contributed by atoms with Crippen LogP contribution < -0.4 is 10.5 Å². The normalized spacial score (nSPS) is 11.8. The molecular formula is C14H19F2N3O3. The maximum atomic E-state index is 13.9. The van der Waals surface area contributed by atoms with E-state index in [0.717, 1.165) is 0 Å². The molecule has 8 heteroatoms. The summed E-state index contributed by atoms with van der Waals surface area (Å²) >= 11 is 0. The zero-order valence-corrected chi connectivity index (χ0v) is 12.8. The van der Waals surface area contributed by atoms with Gasteiger partial charge in [0.25, 0.3) is 0 Å². The standard InChI is InChI=1S/C12H13F2N3O3.C2H6/c1-4-8(13)9(14)11(20-2)7-6(16-17-10(4)7)3-5(15)12(18)19;1-2/h5H,3,15H2,1-2H3,(H,16,17)(H,18,19);1-2H3. The van der Waals surface area contributed by atoms with Crippen molar-refractivity contribution in [1.82, 2.24) is 10.2 Å². The molecule has 0 spiro atoms. The number of nitrogens with zero attached hydrogens (tertiary/aromatic N) is 1. The van der Waals surface area contributed by atoms with Gasteiger partial charge in [-0.25, -0.2) is 4.39 Å². The number of rotatable bonds is 4. The molecule has 0 saturated carbocycles. The van der Waals surface area contributed by atoms with Crippen LogP contribution in [0.15, 0.2) is 0 Å². The van der Waals surface area contributed by atoms with Gasteiger partial charge in [-0.05, 0) is 6.92 Å². The number of aromatic nitrogens is 2. The van der Waals surface area contributed by atoms with Crippen LogP contribution in [0.4, 0.5) is 8.78 Å². The number of hydrogen-bond acceptors (Lipinski definition) is 4. The van der Waals surface area contributed by atoms with Gasteiger partial charge in [-0.15, -0.1) is 0 Å². The van der Waals surface area contributed by atoms with Crippen LogP contribution in [0.25, 0.3) is 10.9 Å². The number of halogens is 2. The Morgan fingerprint density at radius 3 is 2.50 bits per heavy atom. The second-order valence-electron chi connectivity index (χ2n) is 4.36. The summed E-state index contributed by atoms with van der Waals surface area (Å²) in [6, 6.07) is -1.18. The molecule has 1 heterocycles. The molecule has 22 heavy (non-hydrogen) atoms. The van der Waals surface area contributed by atoms with Crippen molar-refractivity contribution in [1.29, 1.82) is 0 Å². The molecule has 1 aromatic heterocycles. The van der Waals surface area contributed by atoms with Gasteiger partial charge >= 0.3 is 5.97 Å². The van der Waals surface area contributed by atoms with E-state index >= 15 is 0 Å². The first-order chi connectivity index (χ1) is 10.4. The van der Waals surface area contributed by atoms with Gasteiger partial charge in [0.2, 0.25) is 5.82 Å². The number of nitrogens with two attached hydrogens (primary N) is 1. The fourth-order valence-corrected chi connectivity index (χ4v) is 2.02. The van der Waals surface area contributed by atoms with Gasteiger partial charge < -0.3 is 15.6 Å². The van der Waals surface area contributed by atoms with Crippen molar-refractivity contribution in [2.24, 2.45) is 5.73 Å². The summed E-state index contributed by atoms with van der Waals surface area (Å²) in [4.78, 5) is 10.8. The molecule has 4 N–H and O–H groups in total. The Labute approximate surface area is 126 Å². The molecule has 0 aliphatic carbocycles. The number of aryl methyl sites for hydroxylation is 1. The van der Waals surface area contributed by atoms with Crippen LogP contribution in [-0.4, -0.2) is 34.4 Å². The summed E-state index contributed by atoms with van der Waals surface area (Å²) in [5.41, 5.74) is 5.93. The molecule has 2 rings (SSSR count). The fraction of sp³-hybridized carbons (Fsp3) is 0.429. The second-order valence-corrected chi connectivity index (χ2v) is 4.36. The van der Waals surface area contributed by atoms with Crippen LogP contribution in [0.1, 0.15) is 25.1 Å². The van der Waals surface area contributed by atoms with Gasteiger partial charge in [-0.3, -0.25) is 9.89 Å². The Kier molecular flexibility index (Phi) is 5.81. The number of methoxy groups -OCH3 is 1. The number of aliphatic carboxylic acids is 1. The maximum absolute atomic E-state index is 13.9. The lowest BCUT2D eigenvalue weighted by atomic mass is 10.0. The first kappa shape index (κ1) is 17.8. The minimum absolute atomic E-state index is 0.0182. The highest BCUT2D eigenvalue weighted by atomic mass is 19.2. The Bertz CT molecular complexity index is 686. The Morgan fingerprint density at radius 2 is 2.00 bits per heavy atom. The van der Waals surface area contributed by atoms with Crippen molar-refractivity contribution < 1.29 is 23.4 Å². The predicted molar refractivity (Wildman–Crippen MR) is 78.0 cm³/mol. The molecule has 2 aromatic rings. The van der Waals surface area contributed by atoms with E-state index in [4.69, 9.17) is 15.6 Å². The number of carbonyl (C=O) groups is 1. The number of fused-ring (bicyclic) bond motifs is 1. The molecule has 0 aliphatic rings. The average Bonchev–Trinajstić information content (AvgIpc) is 2.91. The zero-order valence-electron chi connectivity index (χ0n) is 12.8. The number of ether oxygens (including phenoxy) is 1. The van der Waals surface area contributed by atoms with Crippen molar-refractivity contribution in [2.75, 3.05) is 7.11 Å². The average molecular weight is 315 g/mol. The number of carboxylic acids is 1. The first-order valence-corrected chi connectivity index (χ1v) is 6.75. The summed E-state index contributed by atoms with van der Waals surface area (Å²) in [5.74, 6) is -3.70. The maximum Gasteiger partial charge on any atom is 0.320 e. The molecule has 0 radical (unpaired) electrons. The van der Waals surface area contributed by atoms with E-state index < -0.39 is 23.6 Å². The predicted octanol–water partition coefficient (Wildman–Crippen LogP) is 2.14. The van der Waals surface area contributed by atoms with Gasteiger partial charge in [0.05, 0.1) is 12.5 Å². The third kappa shape index (κ3) is 3.01. The third-order valence-electron chi connectivity index (χ3n) is 3.09. The van der Waals surface area contributed by atoms with Crippen LogP contribution in [0, 0.1) is 18.6 Å². The molecule has 0 amide bonds. The zero-order chi connectivity index (χ0) is 17.0. The summed E-state index contributed by atoms with van der Waals surface area (Å²) in [6.45, 7) is 5.38. The fourth-order valence-electron chi connectivity index (χ4n) is 2.02. The lowest BCUT2D eigenvalue weighted by Gasteiger charge is -2.09. The molecule has 1 unspecified atom stereocenters. The van der Waals surface area contributed by atoms with E-state index in [1.807, 2.05) is 13.8 Å². The molecule has 1 atom stereocenters. The highest BCUT2D eigenvalue weighted by Crippen LogP contribution is 2.35. The van der Waals surface area contributed by atoms with Gasteiger partial charge in [-0.2, -0.15) is 9.49 Å². The minimum atomic E-state index is -1.20. The topological polar surface area (TPSA) is 101 Å². The van der Waals surface area contributed by atoms with E-state index in [2.05, 4.69) is 10.2 Å². The van der Waals surface area contributed by atoms with Gasteiger partial charge in [0.15, 0.2) is 11.6 Å². The van der Waals surface area contributed by atoms with E-state index in [-0.39, 0.29) is 34.3 Å². The number of carboxylic acid groups (broad SMARTS) is 1. The van der Waals surface area contributed by atoms with E-state index in [9.17, 15) is 13.6 Å². The lowest BCUT2D eigenvalue weighted by Crippen LogP contribution is -2.32. The molecule has 0 aliphatic heterocycles. The van der Waals surface area contributed by atoms with E-state index in [0.29, 0.717) is 0 Å². The smallest absolute Gasteiger partial charge is 0.320 e. The van der Waals surface area contributed by atoms with Crippen molar-refractivity contribution in [3.8, 4) is 5.75 Å². The van der Waals surface area contributed by atoms with Crippen LogP contribution in [-0.2, 0) is 11.2 Å². The van der Waals surface area contributed by atoms with Gasteiger partial charge in [0.1, 0.15) is 11.6 Å². The highest BCUT2D eigenvalue weighted by Gasteiger charge is 2.24. The van der Waals surface area contributed by atoms with Crippen LogP contribution >= 0.6 is 0 Å². The monoisotopic (exact) mass is 315 g/mol. The third-order valence-corrected chi connectivity index (χ3v) is 3.09. The Balaban J connectivity index is 0.00000116. The van der Waals surface area contributed by atoms with Crippen LogP contribution in [0.3, 0.4) is 0 Å². The Morgan fingerprint density at radius 1 is 1.41 bits per heavy atom. The van der Waals surface area contributed by atoms with Crippen LogP contribution in [0.5, 0.6) is 5.75 Å². The summed E-state index contributed by atoms with van der Waals surface area (Å²) in [7, 11) is 1.19. The number of aromatic amines is 1. The van der Waals surface area contributed by atoms with Crippen LogP contribution in [0.2, 0.25) is 0 Å². The minimum Gasteiger partial charge on any atom is -0.493 e. The number of H-pyrrole nitrogens is 1. The van der Waals surface area contributed by atoms with Crippen molar-refractivity contribution >= 4 is 16.9 Å². The summed E-state index contributed by atoms with van der Waals surface area (Å²) in [5, 5.41) is 15.5. The second kappa shape index (κ2) is 7.17. The SMILES string of the molecule is CC.COc1c(F)c(F)c(C)c2n[nH]c(CC(N)C(=O)O)c12. The van der Waals surface area contributed by atoms with Crippen molar-refractivity contribution in [3.05, 3.63) is 22.9 Å². The molecular weight excluding hydrogens is 296 g/mol.